The first-order valence-corrected chi connectivity index (χ1v) is 11.4. The molecule has 1 amide bonds. The minimum absolute atomic E-state index is 0.0287. The van der Waals surface area contributed by atoms with E-state index in [0.717, 1.165) is 55.0 Å². The lowest BCUT2D eigenvalue weighted by atomic mass is 10.1. The van der Waals surface area contributed by atoms with Gasteiger partial charge in [0.1, 0.15) is 0 Å². The van der Waals surface area contributed by atoms with Crippen molar-refractivity contribution in [3.63, 3.8) is 0 Å². The smallest absolute Gasteiger partial charge is 0.288 e. The Morgan fingerprint density at radius 2 is 1.75 bits per heavy atom. The molecular weight excluding hydrogens is 422 g/mol. The van der Waals surface area contributed by atoms with Crippen LogP contribution in [0, 0.1) is 11.8 Å². The topological polar surface area (TPSA) is 66.5 Å². The largest absolute Gasteiger partial charge is 0.409 e. The Kier molecular flexibility index (Phi) is 7.14. The van der Waals surface area contributed by atoms with Gasteiger partial charge in [-0.1, -0.05) is 43.3 Å². The number of piperazine rings is 1. The second-order valence-electron chi connectivity index (χ2n) is 8.08. The summed E-state index contributed by atoms with van der Waals surface area (Å²) in [7, 11) is 0. The van der Waals surface area contributed by atoms with Crippen LogP contribution in [0.2, 0.25) is 0 Å². The molecule has 168 valence electrons. The Morgan fingerprint density at radius 3 is 2.50 bits per heavy atom. The number of hydrogen-bond donors (Lipinski definition) is 1. The summed E-state index contributed by atoms with van der Waals surface area (Å²) in [5.41, 5.74) is 4.12. The van der Waals surface area contributed by atoms with Crippen molar-refractivity contribution in [1.29, 1.82) is 0 Å². The van der Waals surface area contributed by atoms with E-state index >= 15 is 0 Å². The summed E-state index contributed by atoms with van der Waals surface area (Å²) in [6, 6.07) is 15.9. The van der Waals surface area contributed by atoms with E-state index in [1.165, 1.54) is 0 Å². The monoisotopic (exact) mass is 451 g/mol. The Morgan fingerprint density at radius 1 is 1.06 bits per heavy atom. The summed E-state index contributed by atoms with van der Waals surface area (Å²) in [6.07, 6.45) is 0.894. The van der Waals surface area contributed by atoms with Crippen molar-refractivity contribution in [3.05, 3.63) is 64.5 Å². The molecule has 0 radical (unpaired) electrons. The van der Waals surface area contributed by atoms with Crippen LogP contribution in [0.5, 0.6) is 0 Å². The maximum Gasteiger partial charge on any atom is 0.288 e. The molecule has 0 atom stereocenters. The minimum atomic E-state index is 0.0287. The van der Waals surface area contributed by atoms with E-state index in [-0.39, 0.29) is 5.91 Å². The van der Waals surface area contributed by atoms with Crippen LogP contribution in [0.15, 0.2) is 52.9 Å². The van der Waals surface area contributed by atoms with Crippen LogP contribution in [0.3, 0.4) is 0 Å². The van der Waals surface area contributed by atoms with Crippen LogP contribution in [0.1, 0.15) is 18.1 Å². The molecule has 0 unspecified atom stereocenters. The lowest BCUT2D eigenvalue weighted by molar-refractivity contribution is -0.117. The number of carbonyl (C=O) groups is 1. The number of anilines is 1. The highest BCUT2D eigenvalue weighted by molar-refractivity contribution is 7.71. The Bertz CT molecular complexity index is 1130. The Hall–Kier alpha value is -2.81. The fourth-order valence-electron chi connectivity index (χ4n) is 3.94. The number of amides is 1. The van der Waals surface area contributed by atoms with Crippen LogP contribution < -0.4 is 5.32 Å². The molecule has 0 bridgehead atoms. The first kappa shape index (κ1) is 22.4. The third kappa shape index (κ3) is 5.32. The molecule has 7 nitrogen and oxygen atoms in total. The Labute approximate surface area is 193 Å². The van der Waals surface area contributed by atoms with Crippen molar-refractivity contribution in [2.75, 3.05) is 38.0 Å². The number of benzene rings is 2. The highest BCUT2D eigenvalue weighted by Gasteiger charge is 2.21. The van der Waals surface area contributed by atoms with Crippen LogP contribution >= 0.6 is 12.2 Å². The highest BCUT2D eigenvalue weighted by atomic mass is 32.1. The number of nitrogens with one attached hydrogen (secondary N) is 1. The van der Waals surface area contributed by atoms with Crippen molar-refractivity contribution >= 4 is 23.8 Å². The average molecular weight is 452 g/mol. The van der Waals surface area contributed by atoms with E-state index in [1.807, 2.05) is 55.5 Å². The predicted octanol–water partition coefficient (Wildman–Crippen LogP) is 3.96. The second-order valence-corrected chi connectivity index (χ2v) is 8.43. The minimum Gasteiger partial charge on any atom is -0.409 e. The van der Waals surface area contributed by atoms with Crippen molar-refractivity contribution in [3.8, 4) is 11.5 Å². The number of aromatic nitrogens is 2. The fourth-order valence-corrected chi connectivity index (χ4v) is 4.12. The molecule has 1 N–H and O–H groups in total. The van der Waals surface area contributed by atoms with Gasteiger partial charge in [0.25, 0.3) is 4.84 Å². The number of rotatable bonds is 7. The van der Waals surface area contributed by atoms with Gasteiger partial charge in [0.05, 0.1) is 13.2 Å². The van der Waals surface area contributed by atoms with E-state index in [4.69, 9.17) is 16.6 Å². The van der Waals surface area contributed by atoms with Gasteiger partial charge in [-0.05, 0) is 48.8 Å². The molecule has 32 heavy (non-hydrogen) atoms. The summed E-state index contributed by atoms with van der Waals surface area (Å²) < 4.78 is 7.49. The summed E-state index contributed by atoms with van der Waals surface area (Å²) >= 11 is 5.39. The molecule has 4 rings (SSSR count). The lowest BCUT2D eigenvalue weighted by Crippen LogP contribution is -2.49. The third-order valence-corrected chi connectivity index (χ3v) is 6.11. The van der Waals surface area contributed by atoms with Gasteiger partial charge in [0, 0.05) is 37.4 Å². The highest BCUT2D eigenvalue weighted by Crippen LogP contribution is 2.22. The molecule has 1 aliphatic rings. The number of hydrogen-bond acceptors (Lipinski definition) is 6. The summed E-state index contributed by atoms with van der Waals surface area (Å²) in [6.45, 7) is 8.42. The predicted molar refractivity (Wildman–Crippen MR) is 128 cm³/mol. The standard InChI is InChI=1S/C24H29N5O2S/c1-3-19-9-5-7-11-21(19)25-22(30)16-27-12-14-28(15-13-27)17-29-24(32)31-23(26-29)20-10-6-4-8-18(20)2/h4-11H,3,12-17H2,1-2H3,(H,25,30). The van der Waals surface area contributed by atoms with Gasteiger partial charge in [-0.15, -0.1) is 5.10 Å². The van der Waals surface area contributed by atoms with Crippen LogP contribution in [-0.2, 0) is 17.9 Å². The molecule has 3 aromatic rings. The molecule has 1 saturated heterocycles. The van der Waals surface area contributed by atoms with Gasteiger partial charge >= 0.3 is 0 Å². The summed E-state index contributed by atoms with van der Waals surface area (Å²) in [5, 5.41) is 7.65. The lowest BCUT2D eigenvalue weighted by Gasteiger charge is -2.33. The van der Waals surface area contributed by atoms with Crippen molar-refractivity contribution in [2.24, 2.45) is 0 Å². The molecule has 2 aromatic carbocycles. The van der Waals surface area contributed by atoms with Gasteiger partial charge in [-0.25, -0.2) is 4.68 Å². The van der Waals surface area contributed by atoms with Crippen molar-refractivity contribution in [2.45, 2.75) is 26.9 Å². The zero-order valence-electron chi connectivity index (χ0n) is 18.6. The van der Waals surface area contributed by atoms with E-state index in [9.17, 15) is 4.79 Å². The van der Waals surface area contributed by atoms with Crippen LogP contribution in [0.4, 0.5) is 5.69 Å². The van der Waals surface area contributed by atoms with Gasteiger partial charge in [-0.2, -0.15) is 0 Å². The molecule has 1 aromatic heterocycles. The van der Waals surface area contributed by atoms with E-state index in [1.54, 1.807) is 4.68 Å². The van der Waals surface area contributed by atoms with Gasteiger partial charge < -0.3 is 9.73 Å². The number of carbonyl (C=O) groups excluding carboxylic acids is 1. The summed E-state index contributed by atoms with van der Waals surface area (Å²) in [4.78, 5) is 17.4. The summed E-state index contributed by atoms with van der Waals surface area (Å²) in [5.74, 6) is 0.580. The van der Waals surface area contributed by atoms with Crippen LogP contribution in [-0.4, -0.2) is 58.2 Å². The van der Waals surface area contributed by atoms with Crippen molar-refractivity contribution in [1.82, 2.24) is 19.6 Å². The van der Waals surface area contributed by atoms with E-state index in [0.29, 0.717) is 23.9 Å². The molecule has 1 aliphatic heterocycles. The van der Waals surface area contributed by atoms with Gasteiger partial charge in [-0.3, -0.25) is 14.6 Å². The quantitative estimate of drug-likeness (QED) is 0.549. The van der Waals surface area contributed by atoms with E-state index < -0.39 is 0 Å². The van der Waals surface area contributed by atoms with E-state index in [2.05, 4.69) is 27.1 Å². The molecule has 2 heterocycles. The molecule has 0 spiro atoms. The molecular formula is C24H29N5O2S. The maximum atomic E-state index is 12.5. The fraction of sp³-hybridized carbons (Fsp3) is 0.375. The zero-order valence-corrected chi connectivity index (χ0v) is 19.4. The first-order chi connectivity index (χ1) is 15.5. The van der Waals surface area contributed by atoms with Gasteiger partial charge in [0.2, 0.25) is 11.8 Å². The molecule has 0 aliphatic carbocycles. The molecule has 0 saturated carbocycles. The maximum absolute atomic E-state index is 12.5. The number of nitrogens with zero attached hydrogens (tertiary/aromatic N) is 4. The molecule has 8 heteroatoms. The Balaban J connectivity index is 1.29. The third-order valence-electron chi connectivity index (χ3n) is 5.82. The first-order valence-electron chi connectivity index (χ1n) is 11.0. The van der Waals surface area contributed by atoms with Gasteiger partial charge in [0.15, 0.2) is 0 Å². The van der Waals surface area contributed by atoms with Crippen molar-refractivity contribution < 1.29 is 9.21 Å². The van der Waals surface area contributed by atoms with Crippen LogP contribution in [0.25, 0.3) is 11.5 Å². The molecule has 1 fully saturated rings. The number of aryl methyl sites for hydroxylation is 2. The second kappa shape index (κ2) is 10.2. The SMILES string of the molecule is CCc1ccccc1NC(=O)CN1CCN(Cn2nc(-c3ccccc3C)oc2=S)CC1. The normalized spacial score (nSPS) is 15.1. The number of para-hydroxylation sites is 1. The zero-order chi connectivity index (χ0) is 22.5. The average Bonchev–Trinajstić information content (AvgIpc) is 3.15.